The van der Waals surface area contributed by atoms with Crippen LogP contribution < -0.4 is 5.32 Å². The lowest BCUT2D eigenvalue weighted by molar-refractivity contribution is 0.0950. The molecule has 2 heterocycles. The van der Waals surface area contributed by atoms with E-state index in [4.69, 9.17) is 6.42 Å². The Labute approximate surface area is 167 Å². The summed E-state index contributed by atoms with van der Waals surface area (Å²) in [5, 5.41) is 10.7. The van der Waals surface area contributed by atoms with E-state index in [2.05, 4.69) is 51.7 Å². The summed E-state index contributed by atoms with van der Waals surface area (Å²) in [4.78, 5) is 16.2. The van der Waals surface area contributed by atoms with Crippen molar-refractivity contribution in [2.45, 2.75) is 6.42 Å². The molecule has 0 spiro atoms. The molecule has 4 rings (SSSR count). The Hall–Kier alpha value is -3.43. The number of hydrogen-bond acceptors (Lipinski definition) is 4. The Bertz CT molecular complexity index is 1180. The fourth-order valence-electron chi connectivity index (χ4n) is 3.12. The van der Waals surface area contributed by atoms with E-state index in [1.165, 1.54) is 16.9 Å². The number of nitrogens with zero attached hydrogens (tertiary/aromatic N) is 3. The Kier molecular flexibility index (Phi) is 4.92. The molecule has 6 heteroatoms. The molecule has 4 aromatic rings. The molecule has 1 N–H and O–H groups in total. The molecule has 0 aliphatic carbocycles. The second-order valence-electron chi connectivity index (χ2n) is 6.43. The molecule has 0 bridgehead atoms. The largest absolute Gasteiger partial charge is 0.350 e. The van der Waals surface area contributed by atoms with Crippen molar-refractivity contribution >= 4 is 28.1 Å². The third kappa shape index (κ3) is 3.66. The van der Waals surface area contributed by atoms with E-state index in [0.29, 0.717) is 17.2 Å². The smallest absolute Gasteiger partial charge is 0.270 e. The SMILES string of the molecule is C#Cc1nc(C(=O)NCCc2ccc(-c3cccc4nn(C)cc34)cc2)cs1. The van der Waals surface area contributed by atoms with Gasteiger partial charge >= 0.3 is 0 Å². The summed E-state index contributed by atoms with van der Waals surface area (Å²) in [5.41, 5.74) is 4.83. The molecular formula is C22H18N4OS. The third-order valence-corrected chi connectivity index (χ3v) is 5.26. The number of hydrogen-bond donors (Lipinski definition) is 1. The number of fused-ring (bicyclic) bond motifs is 1. The van der Waals surface area contributed by atoms with Crippen LogP contribution in [0.1, 0.15) is 21.1 Å². The topological polar surface area (TPSA) is 59.8 Å². The average molecular weight is 386 g/mol. The van der Waals surface area contributed by atoms with Crippen molar-refractivity contribution in [1.29, 1.82) is 0 Å². The van der Waals surface area contributed by atoms with Crippen LogP contribution in [0.25, 0.3) is 22.0 Å². The standard InChI is InChI=1S/C22H18N4OS/c1-3-21-24-20(14-28-21)22(27)23-12-11-15-7-9-16(10-8-15)17-5-4-6-19-18(17)13-26(2)25-19/h1,4-10,13-14H,11-12H2,2H3,(H,23,27). The van der Waals surface area contributed by atoms with Crippen molar-refractivity contribution in [1.82, 2.24) is 20.1 Å². The summed E-state index contributed by atoms with van der Waals surface area (Å²) in [6, 6.07) is 14.6. The van der Waals surface area contributed by atoms with Gasteiger partial charge in [0.05, 0.1) is 5.52 Å². The van der Waals surface area contributed by atoms with Gasteiger partial charge in [0.25, 0.3) is 5.91 Å². The van der Waals surface area contributed by atoms with E-state index in [1.807, 2.05) is 30.1 Å². The number of carbonyl (C=O) groups is 1. The van der Waals surface area contributed by atoms with Crippen LogP contribution >= 0.6 is 11.3 Å². The minimum atomic E-state index is -0.197. The molecule has 0 saturated heterocycles. The third-order valence-electron chi connectivity index (χ3n) is 4.49. The lowest BCUT2D eigenvalue weighted by Crippen LogP contribution is -2.25. The Balaban J connectivity index is 1.41. The summed E-state index contributed by atoms with van der Waals surface area (Å²) < 4.78 is 1.83. The van der Waals surface area contributed by atoms with Gasteiger partial charge in [-0.25, -0.2) is 4.98 Å². The van der Waals surface area contributed by atoms with Crippen LogP contribution in [-0.2, 0) is 13.5 Å². The first kappa shape index (κ1) is 18.0. The normalized spacial score (nSPS) is 10.7. The van der Waals surface area contributed by atoms with Gasteiger partial charge in [-0.3, -0.25) is 9.48 Å². The quantitative estimate of drug-likeness (QED) is 0.533. The molecule has 5 nitrogen and oxygen atoms in total. The maximum absolute atomic E-state index is 12.1. The summed E-state index contributed by atoms with van der Waals surface area (Å²) in [6.07, 6.45) is 8.07. The van der Waals surface area contributed by atoms with Gasteiger partial charge in [0.2, 0.25) is 0 Å². The number of benzene rings is 2. The van der Waals surface area contributed by atoms with Crippen LogP contribution in [0.4, 0.5) is 0 Å². The molecule has 0 aliphatic rings. The second kappa shape index (κ2) is 7.67. The van der Waals surface area contributed by atoms with Crippen LogP contribution in [0.3, 0.4) is 0 Å². The molecule has 138 valence electrons. The molecule has 0 saturated carbocycles. The van der Waals surface area contributed by atoms with E-state index in [1.54, 1.807) is 5.38 Å². The van der Waals surface area contributed by atoms with Crippen molar-refractivity contribution in [3.63, 3.8) is 0 Å². The number of aromatic nitrogens is 3. The lowest BCUT2D eigenvalue weighted by atomic mass is 10.00. The molecule has 0 fully saturated rings. The molecule has 0 atom stereocenters. The predicted molar refractivity (Wildman–Crippen MR) is 112 cm³/mol. The van der Waals surface area contributed by atoms with Crippen LogP contribution in [-0.4, -0.2) is 27.2 Å². The van der Waals surface area contributed by atoms with Crippen LogP contribution in [0.5, 0.6) is 0 Å². The van der Waals surface area contributed by atoms with Gasteiger partial charge in [-0.15, -0.1) is 17.8 Å². The van der Waals surface area contributed by atoms with Gasteiger partial charge in [0.1, 0.15) is 5.69 Å². The summed E-state index contributed by atoms with van der Waals surface area (Å²) in [7, 11) is 1.93. The average Bonchev–Trinajstić information content (AvgIpc) is 3.34. The van der Waals surface area contributed by atoms with Crippen LogP contribution in [0, 0.1) is 12.3 Å². The zero-order valence-electron chi connectivity index (χ0n) is 15.3. The van der Waals surface area contributed by atoms with Crippen molar-refractivity contribution < 1.29 is 4.79 Å². The maximum Gasteiger partial charge on any atom is 0.270 e. The summed E-state index contributed by atoms with van der Waals surface area (Å²) in [6.45, 7) is 0.541. The highest BCUT2D eigenvalue weighted by Crippen LogP contribution is 2.28. The van der Waals surface area contributed by atoms with Gasteiger partial charge in [-0.2, -0.15) is 5.10 Å². The molecule has 0 radical (unpaired) electrons. The van der Waals surface area contributed by atoms with Gasteiger partial charge < -0.3 is 5.32 Å². The molecular weight excluding hydrogens is 368 g/mol. The van der Waals surface area contributed by atoms with E-state index < -0.39 is 0 Å². The number of aryl methyl sites for hydroxylation is 1. The van der Waals surface area contributed by atoms with Crippen molar-refractivity contribution in [3.05, 3.63) is 70.3 Å². The fourth-order valence-corrected chi connectivity index (χ4v) is 3.72. The molecule has 2 aromatic carbocycles. The number of rotatable bonds is 5. The molecule has 2 aromatic heterocycles. The Morgan fingerprint density at radius 2 is 2.07 bits per heavy atom. The number of thiazole rings is 1. The molecule has 0 unspecified atom stereocenters. The van der Waals surface area contributed by atoms with Crippen molar-refractivity contribution in [3.8, 4) is 23.5 Å². The van der Waals surface area contributed by atoms with Crippen molar-refractivity contribution in [2.24, 2.45) is 7.05 Å². The Morgan fingerprint density at radius 1 is 1.25 bits per heavy atom. The van der Waals surface area contributed by atoms with E-state index in [0.717, 1.165) is 28.5 Å². The maximum atomic E-state index is 12.1. The first-order valence-electron chi connectivity index (χ1n) is 8.86. The minimum Gasteiger partial charge on any atom is -0.350 e. The predicted octanol–water partition coefficient (Wildman–Crippen LogP) is 3.65. The number of carbonyl (C=O) groups excluding carboxylic acids is 1. The number of amides is 1. The minimum absolute atomic E-state index is 0.197. The van der Waals surface area contributed by atoms with E-state index in [9.17, 15) is 4.79 Å². The van der Waals surface area contributed by atoms with Gasteiger partial charge in [0.15, 0.2) is 5.01 Å². The second-order valence-corrected chi connectivity index (χ2v) is 7.28. The van der Waals surface area contributed by atoms with E-state index >= 15 is 0 Å². The monoisotopic (exact) mass is 386 g/mol. The molecule has 28 heavy (non-hydrogen) atoms. The highest BCUT2D eigenvalue weighted by Gasteiger charge is 2.10. The van der Waals surface area contributed by atoms with Gasteiger partial charge in [-0.1, -0.05) is 36.4 Å². The van der Waals surface area contributed by atoms with Crippen LogP contribution in [0.15, 0.2) is 54.0 Å². The zero-order valence-corrected chi connectivity index (χ0v) is 16.2. The lowest BCUT2D eigenvalue weighted by Gasteiger charge is -2.07. The van der Waals surface area contributed by atoms with Gasteiger partial charge in [0, 0.05) is 30.6 Å². The number of terminal acetylenes is 1. The van der Waals surface area contributed by atoms with E-state index in [-0.39, 0.29) is 5.91 Å². The fraction of sp³-hybridized carbons (Fsp3) is 0.136. The molecule has 1 amide bonds. The first-order chi connectivity index (χ1) is 13.6. The number of nitrogens with one attached hydrogen (secondary N) is 1. The van der Waals surface area contributed by atoms with Crippen molar-refractivity contribution in [2.75, 3.05) is 6.54 Å². The first-order valence-corrected chi connectivity index (χ1v) is 9.74. The Morgan fingerprint density at radius 3 is 2.82 bits per heavy atom. The zero-order chi connectivity index (χ0) is 19.5. The molecule has 0 aliphatic heterocycles. The summed E-state index contributed by atoms with van der Waals surface area (Å²) in [5.74, 6) is 2.24. The highest BCUT2D eigenvalue weighted by molar-refractivity contribution is 7.10. The summed E-state index contributed by atoms with van der Waals surface area (Å²) >= 11 is 1.30. The highest BCUT2D eigenvalue weighted by atomic mass is 32.1. The van der Waals surface area contributed by atoms with Crippen LogP contribution in [0.2, 0.25) is 0 Å². The van der Waals surface area contributed by atoms with Gasteiger partial charge in [-0.05, 0) is 35.1 Å².